The van der Waals surface area contributed by atoms with Crippen LogP contribution in [0, 0.1) is 0 Å². The largest absolute Gasteiger partial charge is 0.326 e. The number of Topliss-reactive ketones (excluding diaryl/α,β-unsaturated/α-hetero) is 2. The van der Waals surface area contributed by atoms with Crippen molar-refractivity contribution in [2.45, 2.75) is 44.6 Å². The fourth-order valence-corrected chi connectivity index (χ4v) is 3.63. The minimum absolute atomic E-state index is 0.0785. The number of aryl methyl sites for hydroxylation is 1. The van der Waals surface area contributed by atoms with Crippen LogP contribution in [0.4, 0.5) is 0 Å². The summed E-state index contributed by atoms with van der Waals surface area (Å²) in [6.07, 6.45) is 4.59. The van der Waals surface area contributed by atoms with Gasteiger partial charge in [-0.1, -0.05) is 60.7 Å². The van der Waals surface area contributed by atoms with Gasteiger partial charge in [-0.25, -0.2) is 0 Å². The molecule has 0 N–H and O–H groups in total. The van der Waals surface area contributed by atoms with Crippen molar-refractivity contribution in [3.63, 3.8) is 0 Å². The summed E-state index contributed by atoms with van der Waals surface area (Å²) >= 11 is 0. The number of hydrogen-bond donors (Lipinski definition) is 0. The standard InChI is InChI=1S/C23H25NO3/c25-21(16-8-7-12-18-10-3-1-4-11-18)20-15-9-17-24(20)23(27)22(26)19-13-5-2-6-14-19/h1-6,10-11,13-14,20H,7-9,12,15-17H2/t20-/m0/s1. The minimum atomic E-state index is -0.554. The minimum Gasteiger partial charge on any atom is -0.326 e. The molecule has 4 heteroatoms. The number of hydrogen-bond acceptors (Lipinski definition) is 3. The van der Waals surface area contributed by atoms with Crippen molar-refractivity contribution in [2.75, 3.05) is 6.54 Å². The number of rotatable bonds is 8. The van der Waals surface area contributed by atoms with Crippen LogP contribution < -0.4 is 0 Å². The molecule has 1 aliphatic rings. The number of nitrogens with zero attached hydrogens (tertiary/aromatic N) is 1. The lowest BCUT2D eigenvalue weighted by Crippen LogP contribution is -2.43. The van der Waals surface area contributed by atoms with Gasteiger partial charge in [-0.15, -0.1) is 0 Å². The number of likely N-dealkylation sites (tertiary alicyclic amines) is 1. The summed E-state index contributed by atoms with van der Waals surface area (Å²) in [5.74, 6) is -1.00. The third-order valence-electron chi connectivity index (χ3n) is 5.10. The Labute approximate surface area is 160 Å². The smallest absolute Gasteiger partial charge is 0.295 e. The van der Waals surface area contributed by atoms with Gasteiger partial charge >= 0.3 is 0 Å². The quantitative estimate of drug-likeness (QED) is 0.407. The predicted octanol–water partition coefficient (Wildman–Crippen LogP) is 3.84. The van der Waals surface area contributed by atoms with E-state index in [1.807, 2.05) is 18.2 Å². The summed E-state index contributed by atoms with van der Waals surface area (Å²) in [7, 11) is 0. The molecule has 27 heavy (non-hydrogen) atoms. The van der Waals surface area contributed by atoms with E-state index >= 15 is 0 Å². The number of carbonyl (C=O) groups excluding carboxylic acids is 3. The highest BCUT2D eigenvalue weighted by atomic mass is 16.2. The first-order valence-electron chi connectivity index (χ1n) is 9.64. The van der Waals surface area contributed by atoms with Crippen LogP contribution in [-0.4, -0.2) is 35.0 Å². The van der Waals surface area contributed by atoms with Crippen LogP contribution in [0.1, 0.15) is 48.0 Å². The van der Waals surface area contributed by atoms with Crippen LogP contribution in [0.2, 0.25) is 0 Å². The Morgan fingerprint density at radius 1 is 0.889 bits per heavy atom. The summed E-state index contributed by atoms with van der Waals surface area (Å²) in [6.45, 7) is 0.484. The van der Waals surface area contributed by atoms with Gasteiger partial charge in [0.25, 0.3) is 5.91 Å². The molecule has 140 valence electrons. The topological polar surface area (TPSA) is 54.5 Å². The second-order valence-corrected chi connectivity index (χ2v) is 7.01. The first-order valence-corrected chi connectivity index (χ1v) is 9.64. The Kier molecular flexibility index (Phi) is 6.53. The van der Waals surface area contributed by atoms with Crippen molar-refractivity contribution in [1.29, 1.82) is 0 Å². The highest BCUT2D eigenvalue weighted by Crippen LogP contribution is 2.21. The molecule has 2 aromatic carbocycles. The van der Waals surface area contributed by atoms with E-state index < -0.39 is 17.7 Å². The maximum atomic E-state index is 12.6. The van der Waals surface area contributed by atoms with E-state index in [9.17, 15) is 14.4 Å². The maximum Gasteiger partial charge on any atom is 0.295 e. The number of ketones is 2. The van der Waals surface area contributed by atoms with Gasteiger partial charge in [0.1, 0.15) is 0 Å². The van der Waals surface area contributed by atoms with E-state index in [0.29, 0.717) is 24.9 Å². The third-order valence-corrected chi connectivity index (χ3v) is 5.10. The number of benzene rings is 2. The molecule has 0 unspecified atom stereocenters. The van der Waals surface area contributed by atoms with Crippen LogP contribution in [0.25, 0.3) is 0 Å². The fraction of sp³-hybridized carbons (Fsp3) is 0.348. The molecule has 0 bridgehead atoms. The van der Waals surface area contributed by atoms with Crippen LogP contribution in [-0.2, 0) is 16.0 Å². The second-order valence-electron chi connectivity index (χ2n) is 7.01. The lowest BCUT2D eigenvalue weighted by Gasteiger charge is -2.23. The van der Waals surface area contributed by atoms with Crippen molar-refractivity contribution < 1.29 is 14.4 Å². The van der Waals surface area contributed by atoms with E-state index in [-0.39, 0.29) is 5.78 Å². The summed E-state index contributed by atoms with van der Waals surface area (Å²) in [5.41, 5.74) is 1.65. The summed E-state index contributed by atoms with van der Waals surface area (Å²) in [5, 5.41) is 0. The molecule has 1 aliphatic heterocycles. The van der Waals surface area contributed by atoms with Crippen LogP contribution in [0.5, 0.6) is 0 Å². The van der Waals surface area contributed by atoms with Gasteiger partial charge in [-0.2, -0.15) is 0 Å². The van der Waals surface area contributed by atoms with Crippen LogP contribution in [0.3, 0.4) is 0 Å². The first-order chi connectivity index (χ1) is 13.2. The Morgan fingerprint density at radius 3 is 2.26 bits per heavy atom. The molecule has 0 radical (unpaired) electrons. The van der Waals surface area contributed by atoms with Crippen LogP contribution >= 0.6 is 0 Å². The van der Waals surface area contributed by atoms with Gasteiger partial charge in [0.2, 0.25) is 5.78 Å². The molecule has 4 nitrogen and oxygen atoms in total. The predicted molar refractivity (Wildman–Crippen MR) is 105 cm³/mol. The van der Waals surface area contributed by atoms with E-state index in [1.54, 1.807) is 30.3 Å². The van der Waals surface area contributed by atoms with Crippen molar-refractivity contribution >= 4 is 17.5 Å². The molecule has 1 atom stereocenters. The summed E-state index contributed by atoms with van der Waals surface area (Å²) < 4.78 is 0. The van der Waals surface area contributed by atoms with Gasteiger partial charge in [-0.3, -0.25) is 14.4 Å². The van der Waals surface area contributed by atoms with Crippen molar-refractivity contribution in [3.8, 4) is 0 Å². The molecule has 2 aromatic rings. The van der Waals surface area contributed by atoms with Gasteiger partial charge in [-0.05, 0) is 37.7 Å². The molecule has 0 aliphatic carbocycles. The van der Waals surface area contributed by atoms with Crippen molar-refractivity contribution in [2.24, 2.45) is 0 Å². The monoisotopic (exact) mass is 363 g/mol. The Morgan fingerprint density at radius 2 is 1.56 bits per heavy atom. The zero-order valence-corrected chi connectivity index (χ0v) is 15.5. The van der Waals surface area contributed by atoms with E-state index in [2.05, 4.69) is 12.1 Å². The Bertz CT molecular complexity index is 786. The average molecular weight is 363 g/mol. The van der Waals surface area contributed by atoms with Crippen molar-refractivity contribution in [1.82, 2.24) is 4.90 Å². The zero-order chi connectivity index (χ0) is 19.1. The maximum absolute atomic E-state index is 12.6. The Balaban J connectivity index is 1.51. The van der Waals surface area contributed by atoms with Gasteiger partial charge in [0.15, 0.2) is 5.78 Å². The van der Waals surface area contributed by atoms with E-state index in [0.717, 1.165) is 25.7 Å². The summed E-state index contributed by atoms with van der Waals surface area (Å²) in [6, 6.07) is 18.3. The molecule has 1 heterocycles. The molecule has 3 rings (SSSR count). The first kappa shape index (κ1) is 19.0. The van der Waals surface area contributed by atoms with Gasteiger partial charge < -0.3 is 4.90 Å². The molecule has 1 fully saturated rings. The fourth-order valence-electron chi connectivity index (χ4n) is 3.63. The molecule has 1 saturated heterocycles. The lowest BCUT2D eigenvalue weighted by molar-refractivity contribution is -0.134. The third kappa shape index (κ3) is 4.91. The van der Waals surface area contributed by atoms with Gasteiger partial charge in [0, 0.05) is 18.5 Å². The SMILES string of the molecule is O=C(C(=O)N1CCC[C@H]1C(=O)CCCCc1ccccc1)c1ccccc1. The number of amides is 1. The zero-order valence-electron chi connectivity index (χ0n) is 15.5. The molecule has 1 amide bonds. The van der Waals surface area contributed by atoms with E-state index in [1.165, 1.54) is 10.5 Å². The summed E-state index contributed by atoms with van der Waals surface area (Å²) in [4.78, 5) is 39.1. The van der Waals surface area contributed by atoms with Crippen LogP contribution in [0.15, 0.2) is 60.7 Å². The highest BCUT2D eigenvalue weighted by Gasteiger charge is 2.36. The molecular weight excluding hydrogens is 338 g/mol. The lowest BCUT2D eigenvalue weighted by atomic mass is 10.0. The molecule has 0 aromatic heterocycles. The van der Waals surface area contributed by atoms with E-state index in [4.69, 9.17) is 0 Å². The number of carbonyl (C=O) groups is 3. The molecular formula is C23H25NO3. The Hall–Kier alpha value is -2.75. The average Bonchev–Trinajstić information content (AvgIpc) is 3.21. The van der Waals surface area contributed by atoms with Gasteiger partial charge in [0.05, 0.1) is 6.04 Å². The molecule has 0 saturated carbocycles. The second kappa shape index (κ2) is 9.26. The highest BCUT2D eigenvalue weighted by molar-refractivity contribution is 6.43. The van der Waals surface area contributed by atoms with Crippen molar-refractivity contribution in [3.05, 3.63) is 71.8 Å². The molecule has 0 spiro atoms. The normalized spacial score (nSPS) is 16.3. The number of unbranched alkanes of at least 4 members (excludes halogenated alkanes) is 1.